The Balaban J connectivity index is 3.27. The molecule has 0 aliphatic rings. The standard InChI is InChI=1S/C18H30NO2/c1-12-10-13(2)15(14(3)11-12)19(20)16(17(4,5)6)21-18(7,8)9/h10-11,16H,1-9H3/t16-/m0/s1. The highest BCUT2D eigenvalue weighted by atomic mass is 16.6. The lowest BCUT2D eigenvalue weighted by Crippen LogP contribution is -2.48. The molecule has 0 aliphatic heterocycles. The summed E-state index contributed by atoms with van der Waals surface area (Å²) in [7, 11) is 0. The zero-order chi connectivity index (χ0) is 16.6. The molecule has 3 nitrogen and oxygen atoms in total. The van der Waals surface area contributed by atoms with Crippen molar-refractivity contribution in [2.24, 2.45) is 5.41 Å². The molecule has 0 bridgehead atoms. The second kappa shape index (κ2) is 5.98. The van der Waals surface area contributed by atoms with Crippen molar-refractivity contribution in [3.8, 4) is 0 Å². The Kier molecular flexibility index (Phi) is 5.12. The number of nitrogens with zero attached hydrogens (tertiary/aromatic N) is 1. The van der Waals surface area contributed by atoms with Gasteiger partial charge < -0.3 is 4.74 Å². The second-order valence-electron chi connectivity index (χ2n) is 8.02. The molecule has 1 radical (unpaired) electrons. The van der Waals surface area contributed by atoms with Crippen LogP contribution < -0.4 is 5.06 Å². The Morgan fingerprint density at radius 2 is 1.38 bits per heavy atom. The van der Waals surface area contributed by atoms with Crippen molar-refractivity contribution >= 4 is 5.69 Å². The van der Waals surface area contributed by atoms with Crippen LogP contribution in [0.2, 0.25) is 0 Å². The summed E-state index contributed by atoms with van der Waals surface area (Å²) in [5, 5.41) is 14.1. The Morgan fingerprint density at radius 1 is 0.952 bits per heavy atom. The normalized spacial score (nSPS) is 14.2. The van der Waals surface area contributed by atoms with E-state index >= 15 is 0 Å². The molecule has 0 fully saturated rings. The highest BCUT2D eigenvalue weighted by Crippen LogP contribution is 2.35. The van der Waals surface area contributed by atoms with Crippen LogP contribution in [0.1, 0.15) is 58.2 Å². The summed E-state index contributed by atoms with van der Waals surface area (Å²) in [5.41, 5.74) is 3.24. The maximum atomic E-state index is 13.0. The van der Waals surface area contributed by atoms with Gasteiger partial charge in [-0.2, -0.15) is 5.06 Å². The number of aryl methyl sites for hydroxylation is 3. The lowest BCUT2D eigenvalue weighted by Gasteiger charge is -2.40. The molecule has 1 aromatic rings. The van der Waals surface area contributed by atoms with Gasteiger partial charge in [0.05, 0.1) is 11.3 Å². The molecule has 21 heavy (non-hydrogen) atoms. The third kappa shape index (κ3) is 4.72. The van der Waals surface area contributed by atoms with E-state index in [0.717, 1.165) is 21.9 Å². The summed E-state index contributed by atoms with van der Waals surface area (Å²) in [6.07, 6.45) is -0.530. The average Bonchev–Trinajstić information content (AvgIpc) is 2.21. The topological polar surface area (TPSA) is 32.4 Å². The smallest absolute Gasteiger partial charge is 0.162 e. The molecule has 0 saturated carbocycles. The van der Waals surface area contributed by atoms with Gasteiger partial charge in [-0.3, -0.25) is 0 Å². The minimum atomic E-state index is -0.530. The SMILES string of the molecule is Cc1cc(C)c(N([O])[C@@H](OC(C)(C)C)C(C)(C)C)c(C)c1. The monoisotopic (exact) mass is 292 g/mol. The fraction of sp³-hybridized carbons (Fsp3) is 0.667. The van der Waals surface area contributed by atoms with Gasteiger partial charge in [-0.15, -0.1) is 0 Å². The summed E-state index contributed by atoms with van der Waals surface area (Å²) in [5.74, 6) is 0. The first-order valence-electron chi connectivity index (χ1n) is 7.55. The fourth-order valence-corrected chi connectivity index (χ4v) is 2.55. The van der Waals surface area contributed by atoms with Crippen LogP contribution in [0, 0.1) is 26.2 Å². The molecule has 1 atom stereocenters. The fourth-order valence-electron chi connectivity index (χ4n) is 2.55. The van der Waals surface area contributed by atoms with Gasteiger partial charge in [-0.05, 0) is 52.7 Å². The molecule has 0 aromatic heterocycles. The average molecular weight is 292 g/mol. The molecular formula is C18H30NO2. The number of rotatable bonds is 3. The maximum Gasteiger partial charge on any atom is 0.162 e. The van der Waals surface area contributed by atoms with Gasteiger partial charge in [0.1, 0.15) is 0 Å². The van der Waals surface area contributed by atoms with E-state index < -0.39 is 6.23 Å². The van der Waals surface area contributed by atoms with Crippen molar-refractivity contribution in [3.05, 3.63) is 28.8 Å². The van der Waals surface area contributed by atoms with Crippen LogP contribution in [0.3, 0.4) is 0 Å². The molecule has 0 saturated heterocycles. The van der Waals surface area contributed by atoms with Crippen LogP contribution >= 0.6 is 0 Å². The van der Waals surface area contributed by atoms with Crippen molar-refractivity contribution in [2.45, 2.75) is 74.1 Å². The van der Waals surface area contributed by atoms with Crippen LogP contribution in [-0.4, -0.2) is 11.8 Å². The Hall–Kier alpha value is -1.06. The largest absolute Gasteiger partial charge is 0.350 e. The Labute approximate surface area is 129 Å². The molecule has 0 heterocycles. The van der Waals surface area contributed by atoms with Crippen LogP contribution in [-0.2, 0) is 9.94 Å². The quantitative estimate of drug-likeness (QED) is 0.583. The van der Waals surface area contributed by atoms with Crippen molar-refractivity contribution in [1.29, 1.82) is 0 Å². The second-order valence-corrected chi connectivity index (χ2v) is 8.02. The number of hydrogen-bond donors (Lipinski definition) is 0. The third-order valence-corrected chi connectivity index (χ3v) is 3.27. The lowest BCUT2D eigenvalue weighted by molar-refractivity contribution is -0.145. The van der Waals surface area contributed by atoms with E-state index in [4.69, 9.17) is 4.74 Å². The zero-order valence-corrected chi connectivity index (χ0v) is 15.0. The first-order valence-corrected chi connectivity index (χ1v) is 7.55. The number of benzene rings is 1. The summed E-state index contributed by atoms with van der Waals surface area (Å²) in [6.45, 7) is 18.1. The molecule has 1 rings (SSSR count). The molecule has 1 aromatic carbocycles. The molecule has 0 N–H and O–H groups in total. The Bertz CT molecular complexity index is 472. The summed E-state index contributed by atoms with van der Waals surface area (Å²) in [6, 6.07) is 4.09. The molecule has 0 amide bonds. The van der Waals surface area contributed by atoms with Crippen LogP contribution in [0.4, 0.5) is 5.69 Å². The van der Waals surface area contributed by atoms with Gasteiger partial charge in [0, 0.05) is 5.41 Å². The van der Waals surface area contributed by atoms with Gasteiger partial charge in [-0.25, -0.2) is 0 Å². The molecule has 3 heteroatoms. The highest BCUT2D eigenvalue weighted by Gasteiger charge is 2.36. The summed E-state index contributed by atoms with van der Waals surface area (Å²) >= 11 is 0. The van der Waals surface area contributed by atoms with E-state index in [1.165, 1.54) is 5.56 Å². The van der Waals surface area contributed by atoms with Crippen molar-refractivity contribution in [1.82, 2.24) is 0 Å². The van der Waals surface area contributed by atoms with Crippen LogP contribution in [0.25, 0.3) is 0 Å². The van der Waals surface area contributed by atoms with E-state index in [1.807, 2.05) is 74.4 Å². The first kappa shape index (κ1) is 18.0. The molecule has 0 aliphatic carbocycles. The van der Waals surface area contributed by atoms with Gasteiger partial charge >= 0.3 is 0 Å². The minimum absolute atomic E-state index is 0.279. The summed E-state index contributed by atoms with van der Waals surface area (Å²) in [4.78, 5) is 0. The number of hydrogen-bond acceptors (Lipinski definition) is 2. The predicted molar refractivity (Wildman–Crippen MR) is 87.9 cm³/mol. The van der Waals surface area contributed by atoms with Crippen LogP contribution in [0.5, 0.6) is 0 Å². The van der Waals surface area contributed by atoms with Gasteiger partial charge in [0.15, 0.2) is 6.23 Å². The number of hydroxylamine groups is 1. The molecule has 119 valence electrons. The zero-order valence-electron chi connectivity index (χ0n) is 15.0. The van der Waals surface area contributed by atoms with E-state index in [2.05, 4.69) is 0 Å². The van der Waals surface area contributed by atoms with E-state index in [0.29, 0.717) is 0 Å². The van der Waals surface area contributed by atoms with Crippen molar-refractivity contribution in [2.75, 3.05) is 5.06 Å². The minimum Gasteiger partial charge on any atom is -0.350 e. The van der Waals surface area contributed by atoms with Crippen molar-refractivity contribution in [3.63, 3.8) is 0 Å². The first-order chi connectivity index (χ1) is 9.33. The molecule has 0 spiro atoms. The highest BCUT2D eigenvalue weighted by molar-refractivity contribution is 5.58. The molecule has 0 unspecified atom stereocenters. The van der Waals surface area contributed by atoms with Gasteiger partial charge in [0.2, 0.25) is 0 Å². The summed E-state index contributed by atoms with van der Waals surface area (Å²) < 4.78 is 6.07. The number of ether oxygens (including phenoxy) is 1. The van der Waals surface area contributed by atoms with Gasteiger partial charge in [-0.1, -0.05) is 43.7 Å². The maximum absolute atomic E-state index is 13.0. The van der Waals surface area contributed by atoms with E-state index in [9.17, 15) is 5.21 Å². The lowest BCUT2D eigenvalue weighted by atomic mass is 9.92. The Morgan fingerprint density at radius 3 is 1.71 bits per heavy atom. The molecular weight excluding hydrogens is 262 g/mol. The van der Waals surface area contributed by atoms with Gasteiger partial charge in [0.25, 0.3) is 0 Å². The third-order valence-electron chi connectivity index (χ3n) is 3.27. The van der Waals surface area contributed by atoms with Crippen molar-refractivity contribution < 1.29 is 9.94 Å². The van der Waals surface area contributed by atoms with Crippen LogP contribution in [0.15, 0.2) is 12.1 Å². The predicted octanol–water partition coefficient (Wildman–Crippen LogP) is 4.95. The van der Waals surface area contributed by atoms with E-state index in [-0.39, 0.29) is 11.0 Å². The van der Waals surface area contributed by atoms with E-state index in [1.54, 1.807) is 0 Å². The number of anilines is 1.